The van der Waals surface area contributed by atoms with Crippen molar-refractivity contribution in [3.63, 3.8) is 0 Å². The second-order valence-electron chi connectivity index (χ2n) is 6.57. The van der Waals surface area contributed by atoms with Crippen LogP contribution in [0.2, 0.25) is 0 Å². The topological polar surface area (TPSA) is 56.8 Å². The quantitative estimate of drug-likeness (QED) is 0.906. The van der Waals surface area contributed by atoms with E-state index in [1.807, 2.05) is 26.0 Å². The molecule has 1 spiro atoms. The third-order valence-electron chi connectivity index (χ3n) is 4.26. The summed E-state index contributed by atoms with van der Waals surface area (Å²) in [5.41, 5.74) is 0.621. The van der Waals surface area contributed by atoms with Gasteiger partial charge < -0.3 is 19.5 Å². The van der Waals surface area contributed by atoms with Crippen molar-refractivity contribution in [2.24, 2.45) is 0 Å². The van der Waals surface area contributed by atoms with Crippen LogP contribution in [-0.2, 0) is 9.47 Å². The van der Waals surface area contributed by atoms with E-state index in [0.29, 0.717) is 18.7 Å². The van der Waals surface area contributed by atoms with E-state index in [2.05, 4.69) is 5.32 Å². The van der Waals surface area contributed by atoms with Crippen molar-refractivity contribution >= 4 is 5.91 Å². The molecule has 5 heteroatoms. The first-order valence-electron chi connectivity index (χ1n) is 8.43. The molecule has 1 aliphatic heterocycles. The van der Waals surface area contributed by atoms with E-state index in [4.69, 9.17) is 14.2 Å². The van der Waals surface area contributed by atoms with E-state index in [0.717, 1.165) is 31.4 Å². The van der Waals surface area contributed by atoms with Crippen molar-refractivity contribution in [1.82, 2.24) is 5.32 Å². The number of hydrogen-bond acceptors (Lipinski definition) is 4. The van der Waals surface area contributed by atoms with Gasteiger partial charge in [-0.15, -0.1) is 0 Å². The molecule has 1 N–H and O–H groups in total. The summed E-state index contributed by atoms with van der Waals surface area (Å²) in [4.78, 5) is 12.2. The maximum atomic E-state index is 12.2. The highest BCUT2D eigenvalue weighted by Gasteiger charge is 2.43. The molecule has 1 aliphatic carbocycles. The SMILES string of the molecule is CC(C)Oc1ccc(C(=O)NC[C@@H]2COC3(CCCC3)O2)cc1. The molecule has 0 radical (unpaired) electrons. The monoisotopic (exact) mass is 319 g/mol. The number of benzene rings is 1. The van der Waals surface area contributed by atoms with Crippen LogP contribution in [0, 0.1) is 0 Å². The van der Waals surface area contributed by atoms with Crippen molar-refractivity contribution in [3.05, 3.63) is 29.8 Å². The molecule has 0 aromatic heterocycles. The number of carbonyl (C=O) groups excluding carboxylic acids is 1. The Morgan fingerprint density at radius 1 is 1.30 bits per heavy atom. The van der Waals surface area contributed by atoms with Gasteiger partial charge in [0.1, 0.15) is 11.9 Å². The van der Waals surface area contributed by atoms with Gasteiger partial charge in [0.2, 0.25) is 0 Å². The maximum Gasteiger partial charge on any atom is 0.251 e. The maximum absolute atomic E-state index is 12.2. The lowest BCUT2D eigenvalue weighted by molar-refractivity contribution is -0.161. The van der Waals surface area contributed by atoms with Gasteiger partial charge in [0.15, 0.2) is 5.79 Å². The first-order valence-corrected chi connectivity index (χ1v) is 8.43. The van der Waals surface area contributed by atoms with Crippen LogP contribution in [0.15, 0.2) is 24.3 Å². The molecule has 3 rings (SSSR count). The van der Waals surface area contributed by atoms with Gasteiger partial charge in [0.25, 0.3) is 5.91 Å². The fourth-order valence-electron chi connectivity index (χ4n) is 3.16. The average Bonchev–Trinajstić information content (AvgIpc) is 3.15. The van der Waals surface area contributed by atoms with Crippen LogP contribution in [0.3, 0.4) is 0 Å². The molecule has 0 unspecified atom stereocenters. The van der Waals surface area contributed by atoms with Crippen molar-refractivity contribution in [2.75, 3.05) is 13.2 Å². The molecule has 2 aliphatic rings. The third kappa shape index (κ3) is 4.03. The Bertz CT molecular complexity index is 534. The molecular formula is C18H25NO4. The summed E-state index contributed by atoms with van der Waals surface area (Å²) in [6.45, 7) is 4.98. The Kier molecular flexibility index (Phi) is 4.87. The number of ether oxygens (including phenoxy) is 3. The molecule has 5 nitrogen and oxygen atoms in total. The predicted molar refractivity (Wildman–Crippen MR) is 86.6 cm³/mol. The predicted octanol–water partition coefficient (Wildman–Crippen LogP) is 2.89. The molecule has 1 aromatic carbocycles. The highest BCUT2D eigenvalue weighted by Crippen LogP contribution is 2.38. The minimum atomic E-state index is -0.370. The van der Waals surface area contributed by atoms with E-state index >= 15 is 0 Å². The molecule has 1 atom stereocenters. The lowest BCUT2D eigenvalue weighted by Crippen LogP contribution is -2.35. The van der Waals surface area contributed by atoms with Gasteiger partial charge in [-0.3, -0.25) is 4.79 Å². The molecular weight excluding hydrogens is 294 g/mol. The summed E-state index contributed by atoms with van der Waals surface area (Å²) in [6, 6.07) is 7.18. The highest BCUT2D eigenvalue weighted by molar-refractivity contribution is 5.94. The van der Waals surface area contributed by atoms with Crippen LogP contribution >= 0.6 is 0 Å². The third-order valence-corrected chi connectivity index (χ3v) is 4.26. The van der Waals surface area contributed by atoms with Gasteiger partial charge in [-0.1, -0.05) is 0 Å². The lowest BCUT2D eigenvalue weighted by atomic mass is 10.2. The van der Waals surface area contributed by atoms with Crippen LogP contribution in [0.1, 0.15) is 49.9 Å². The number of amides is 1. The van der Waals surface area contributed by atoms with Gasteiger partial charge in [-0.2, -0.15) is 0 Å². The Balaban J connectivity index is 1.48. The first-order chi connectivity index (χ1) is 11.1. The van der Waals surface area contributed by atoms with Crippen LogP contribution in [0.25, 0.3) is 0 Å². The second kappa shape index (κ2) is 6.89. The molecule has 1 heterocycles. The van der Waals surface area contributed by atoms with E-state index < -0.39 is 0 Å². The normalized spacial score (nSPS) is 22.7. The molecule has 1 aromatic rings. The summed E-state index contributed by atoms with van der Waals surface area (Å²) in [6.07, 6.45) is 4.31. The van der Waals surface area contributed by atoms with Crippen LogP contribution in [0.4, 0.5) is 0 Å². The van der Waals surface area contributed by atoms with E-state index in [1.54, 1.807) is 12.1 Å². The van der Waals surface area contributed by atoms with E-state index in [1.165, 1.54) is 0 Å². The van der Waals surface area contributed by atoms with Crippen molar-refractivity contribution in [1.29, 1.82) is 0 Å². The summed E-state index contributed by atoms with van der Waals surface area (Å²) in [5, 5.41) is 2.92. The molecule has 0 bridgehead atoms. The van der Waals surface area contributed by atoms with Crippen LogP contribution in [0.5, 0.6) is 5.75 Å². The fourth-order valence-corrected chi connectivity index (χ4v) is 3.16. The zero-order chi connectivity index (χ0) is 16.3. The zero-order valence-corrected chi connectivity index (χ0v) is 13.8. The van der Waals surface area contributed by atoms with Crippen molar-refractivity contribution in [2.45, 2.75) is 57.5 Å². The molecule has 23 heavy (non-hydrogen) atoms. The Morgan fingerprint density at radius 3 is 2.65 bits per heavy atom. The lowest BCUT2D eigenvalue weighted by Gasteiger charge is -2.21. The molecule has 1 saturated carbocycles. The molecule has 1 amide bonds. The van der Waals surface area contributed by atoms with Crippen LogP contribution in [-0.4, -0.2) is 37.1 Å². The Labute approximate surface area is 137 Å². The highest BCUT2D eigenvalue weighted by atomic mass is 16.7. The van der Waals surface area contributed by atoms with E-state index in [9.17, 15) is 4.79 Å². The Morgan fingerprint density at radius 2 is 2.00 bits per heavy atom. The van der Waals surface area contributed by atoms with E-state index in [-0.39, 0.29) is 23.9 Å². The minimum absolute atomic E-state index is 0.0550. The number of nitrogens with one attached hydrogen (secondary N) is 1. The van der Waals surface area contributed by atoms with Gasteiger partial charge >= 0.3 is 0 Å². The molecule has 2 fully saturated rings. The van der Waals surface area contributed by atoms with Crippen LogP contribution < -0.4 is 10.1 Å². The minimum Gasteiger partial charge on any atom is -0.491 e. The van der Waals surface area contributed by atoms with Gasteiger partial charge in [0, 0.05) is 24.9 Å². The largest absolute Gasteiger partial charge is 0.491 e. The smallest absolute Gasteiger partial charge is 0.251 e. The summed E-state index contributed by atoms with van der Waals surface area (Å²) < 4.78 is 17.4. The van der Waals surface area contributed by atoms with Gasteiger partial charge in [-0.25, -0.2) is 0 Å². The van der Waals surface area contributed by atoms with Crippen molar-refractivity contribution in [3.8, 4) is 5.75 Å². The average molecular weight is 319 g/mol. The second-order valence-corrected chi connectivity index (χ2v) is 6.57. The van der Waals surface area contributed by atoms with Gasteiger partial charge in [0.05, 0.1) is 12.7 Å². The zero-order valence-electron chi connectivity index (χ0n) is 13.8. The molecule has 126 valence electrons. The fraction of sp³-hybridized carbons (Fsp3) is 0.611. The number of rotatable bonds is 5. The van der Waals surface area contributed by atoms with Crippen molar-refractivity contribution < 1.29 is 19.0 Å². The Hall–Kier alpha value is -1.59. The first kappa shape index (κ1) is 16.3. The summed E-state index contributed by atoms with van der Waals surface area (Å²) in [7, 11) is 0. The standard InChI is InChI=1S/C18H25NO4/c1-13(2)22-15-7-5-14(6-8-15)17(20)19-11-16-12-21-18(23-16)9-3-4-10-18/h5-8,13,16H,3-4,9-12H2,1-2H3,(H,19,20)/t16-/m1/s1. The molecule has 1 saturated heterocycles. The van der Waals surface area contributed by atoms with Gasteiger partial charge in [-0.05, 0) is 51.0 Å². The summed E-state index contributed by atoms with van der Waals surface area (Å²) in [5.74, 6) is 0.301. The number of hydrogen-bond donors (Lipinski definition) is 1. The number of carbonyl (C=O) groups is 1. The summed E-state index contributed by atoms with van der Waals surface area (Å²) >= 11 is 0.